The highest BCUT2D eigenvalue weighted by Crippen LogP contribution is 2.37. The van der Waals surface area contributed by atoms with Crippen molar-refractivity contribution in [2.24, 2.45) is 0 Å². The van der Waals surface area contributed by atoms with E-state index in [2.05, 4.69) is 78.9 Å². The second-order valence-corrected chi connectivity index (χ2v) is 5.43. The molecule has 4 aromatic rings. The molecule has 0 heterocycles. The van der Waals surface area contributed by atoms with Crippen LogP contribution in [0, 0.1) is 0 Å². The second kappa shape index (κ2) is 5.19. The summed E-state index contributed by atoms with van der Waals surface area (Å²) < 4.78 is 5.66. The van der Waals surface area contributed by atoms with Crippen molar-refractivity contribution in [1.29, 1.82) is 0 Å². The first-order valence-corrected chi connectivity index (χ1v) is 7.42. The Morgan fingerprint density at radius 3 is 2.00 bits per heavy atom. The highest BCUT2D eigenvalue weighted by molar-refractivity contribution is 6.01. The van der Waals surface area contributed by atoms with Crippen LogP contribution in [0.5, 0.6) is 5.75 Å². The fourth-order valence-corrected chi connectivity index (χ4v) is 3.06. The summed E-state index contributed by atoms with van der Waals surface area (Å²) in [4.78, 5) is 0. The van der Waals surface area contributed by atoms with Crippen molar-refractivity contribution in [3.63, 3.8) is 0 Å². The third kappa shape index (κ3) is 2.03. The Hall–Kier alpha value is -2.80. The third-order valence-electron chi connectivity index (χ3n) is 4.15. The van der Waals surface area contributed by atoms with Crippen LogP contribution >= 0.6 is 0 Å². The van der Waals surface area contributed by atoms with E-state index < -0.39 is 0 Å². The Kier molecular flexibility index (Phi) is 3.05. The summed E-state index contributed by atoms with van der Waals surface area (Å²) in [5.41, 5.74) is 2.35. The Balaban J connectivity index is 2.07. The summed E-state index contributed by atoms with van der Waals surface area (Å²) in [6.07, 6.45) is 0. The van der Waals surface area contributed by atoms with Gasteiger partial charge in [0, 0.05) is 5.56 Å². The molecule has 0 saturated carbocycles. The molecule has 0 bridgehead atoms. The smallest absolute Gasteiger partial charge is 0.127 e. The summed E-state index contributed by atoms with van der Waals surface area (Å²) in [5, 5.41) is 4.92. The van der Waals surface area contributed by atoms with Gasteiger partial charge >= 0.3 is 0 Å². The average molecular weight is 284 g/mol. The van der Waals surface area contributed by atoms with Gasteiger partial charge in [-0.3, -0.25) is 0 Å². The molecule has 0 spiro atoms. The molecule has 4 rings (SSSR count). The fraction of sp³-hybridized carbons (Fsp3) is 0.0476. The predicted molar refractivity (Wildman–Crippen MR) is 93.4 cm³/mol. The maximum absolute atomic E-state index is 5.66. The first-order valence-electron chi connectivity index (χ1n) is 7.42. The standard InChI is InChI=1S/C21H16O/c1-22-21-14-17-9-3-2-8-16(17)13-20(21)19-12-6-10-15-7-4-5-11-18(15)19/h2-14H,1H3. The third-order valence-corrected chi connectivity index (χ3v) is 4.15. The molecule has 4 aromatic carbocycles. The van der Waals surface area contributed by atoms with E-state index in [9.17, 15) is 0 Å². The SMILES string of the molecule is COc1cc2ccccc2cc1-c1cccc2ccccc12. The molecule has 0 radical (unpaired) electrons. The quantitative estimate of drug-likeness (QED) is 0.461. The predicted octanol–water partition coefficient (Wildman–Crippen LogP) is 5.67. The van der Waals surface area contributed by atoms with Gasteiger partial charge < -0.3 is 4.74 Å². The number of ether oxygens (including phenoxy) is 1. The maximum atomic E-state index is 5.66. The van der Waals surface area contributed by atoms with Crippen LogP contribution in [0.1, 0.15) is 0 Å². The van der Waals surface area contributed by atoms with Gasteiger partial charge in [-0.1, -0.05) is 66.7 Å². The van der Waals surface area contributed by atoms with Crippen molar-refractivity contribution in [3.8, 4) is 16.9 Å². The number of benzene rings is 4. The topological polar surface area (TPSA) is 9.23 Å². The van der Waals surface area contributed by atoms with E-state index in [4.69, 9.17) is 4.74 Å². The van der Waals surface area contributed by atoms with Crippen molar-refractivity contribution >= 4 is 21.5 Å². The molecule has 0 amide bonds. The lowest BCUT2D eigenvalue weighted by Gasteiger charge is -2.13. The Bertz CT molecular complexity index is 964. The van der Waals surface area contributed by atoms with Crippen LogP contribution in [0.15, 0.2) is 78.9 Å². The molecule has 0 aliphatic carbocycles. The number of fused-ring (bicyclic) bond motifs is 2. The van der Waals surface area contributed by atoms with Crippen molar-refractivity contribution in [1.82, 2.24) is 0 Å². The van der Waals surface area contributed by atoms with Gasteiger partial charge in [0.2, 0.25) is 0 Å². The molecule has 1 nitrogen and oxygen atoms in total. The van der Waals surface area contributed by atoms with Crippen LogP contribution in [0.4, 0.5) is 0 Å². The summed E-state index contributed by atoms with van der Waals surface area (Å²) in [6.45, 7) is 0. The second-order valence-electron chi connectivity index (χ2n) is 5.43. The van der Waals surface area contributed by atoms with Crippen molar-refractivity contribution < 1.29 is 4.74 Å². The molecular formula is C21H16O. The molecule has 0 aliphatic heterocycles. The first-order chi connectivity index (χ1) is 10.9. The van der Waals surface area contributed by atoms with Gasteiger partial charge in [0.15, 0.2) is 0 Å². The van der Waals surface area contributed by atoms with E-state index in [0.29, 0.717) is 0 Å². The van der Waals surface area contributed by atoms with E-state index in [-0.39, 0.29) is 0 Å². The molecule has 1 heteroatoms. The van der Waals surface area contributed by atoms with Crippen molar-refractivity contribution in [3.05, 3.63) is 78.9 Å². The highest BCUT2D eigenvalue weighted by Gasteiger charge is 2.10. The van der Waals surface area contributed by atoms with Crippen LogP contribution in [-0.4, -0.2) is 7.11 Å². The van der Waals surface area contributed by atoms with Crippen molar-refractivity contribution in [2.75, 3.05) is 7.11 Å². The molecule has 106 valence electrons. The lowest BCUT2D eigenvalue weighted by Crippen LogP contribution is -1.89. The minimum absolute atomic E-state index is 0.912. The zero-order chi connectivity index (χ0) is 14.9. The van der Waals surface area contributed by atoms with Crippen LogP contribution in [0.2, 0.25) is 0 Å². The number of methoxy groups -OCH3 is 1. The fourth-order valence-electron chi connectivity index (χ4n) is 3.06. The van der Waals surface area contributed by atoms with E-state index in [1.807, 2.05) is 0 Å². The molecule has 0 aromatic heterocycles. The molecule has 0 unspecified atom stereocenters. The molecule has 0 fully saturated rings. The van der Waals surface area contributed by atoms with Crippen LogP contribution in [0.3, 0.4) is 0 Å². The maximum Gasteiger partial charge on any atom is 0.127 e. The lowest BCUT2D eigenvalue weighted by molar-refractivity contribution is 0.417. The summed E-state index contributed by atoms with van der Waals surface area (Å²) in [7, 11) is 1.73. The van der Waals surface area contributed by atoms with Gasteiger partial charge in [0.25, 0.3) is 0 Å². The van der Waals surface area contributed by atoms with Crippen LogP contribution in [0.25, 0.3) is 32.7 Å². The number of hydrogen-bond acceptors (Lipinski definition) is 1. The van der Waals surface area contributed by atoms with Crippen LogP contribution in [-0.2, 0) is 0 Å². The molecular weight excluding hydrogens is 268 g/mol. The van der Waals surface area contributed by atoms with E-state index in [1.165, 1.54) is 27.1 Å². The van der Waals surface area contributed by atoms with Gasteiger partial charge in [0.1, 0.15) is 5.75 Å². The normalized spacial score (nSPS) is 11.0. The zero-order valence-electron chi connectivity index (χ0n) is 12.4. The van der Waals surface area contributed by atoms with Crippen molar-refractivity contribution in [2.45, 2.75) is 0 Å². The van der Waals surface area contributed by atoms with E-state index >= 15 is 0 Å². The van der Waals surface area contributed by atoms with Gasteiger partial charge in [-0.25, -0.2) is 0 Å². The van der Waals surface area contributed by atoms with E-state index in [1.54, 1.807) is 7.11 Å². The minimum Gasteiger partial charge on any atom is -0.496 e. The van der Waals surface area contributed by atoms with Gasteiger partial charge in [-0.05, 0) is 39.2 Å². The highest BCUT2D eigenvalue weighted by atomic mass is 16.5. The zero-order valence-corrected chi connectivity index (χ0v) is 12.4. The number of hydrogen-bond donors (Lipinski definition) is 0. The summed E-state index contributed by atoms with van der Waals surface area (Å²) >= 11 is 0. The Labute approximate surface area is 129 Å². The average Bonchev–Trinajstić information content (AvgIpc) is 2.60. The Morgan fingerprint density at radius 2 is 1.23 bits per heavy atom. The first kappa shape index (κ1) is 12.9. The largest absolute Gasteiger partial charge is 0.496 e. The monoisotopic (exact) mass is 284 g/mol. The minimum atomic E-state index is 0.912. The van der Waals surface area contributed by atoms with Crippen LogP contribution < -0.4 is 4.74 Å². The molecule has 0 aliphatic rings. The molecule has 22 heavy (non-hydrogen) atoms. The van der Waals surface area contributed by atoms with E-state index in [0.717, 1.165) is 11.3 Å². The summed E-state index contributed by atoms with van der Waals surface area (Å²) in [5.74, 6) is 0.912. The number of rotatable bonds is 2. The van der Waals surface area contributed by atoms with Gasteiger partial charge in [0.05, 0.1) is 7.11 Å². The van der Waals surface area contributed by atoms with Gasteiger partial charge in [-0.15, -0.1) is 0 Å². The summed E-state index contributed by atoms with van der Waals surface area (Å²) in [6, 6.07) is 27.6. The molecule has 0 saturated heterocycles. The lowest BCUT2D eigenvalue weighted by atomic mass is 9.95. The molecule has 0 N–H and O–H groups in total. The Morgan fingerprint density at radius 1 is 0.591 bits per heavy atom. The molecule has 0 atom stereocenters. The van der Waals surface area contributed by atoms with Gasteiger partial charge in [-0.2, -0.15) is 0 Å².